The monoisotopic (exact) mass is 1120 g/mol. The van der Waals surface area contributed by atoms with Crippen LogP contribution in [0, 0.1) is 36.3 Å². The van der Waals surface area contributed by atoms with E-state index in [0.717, 1.165) is 106 Å². The normalized spacial score (nSPS) is 20.0. The molecule has 2 bridgehead atoms. The predicted octanol–water partition coefficient (Wildman–Crippen LogP) is 8.96. The zero-order chi connectivity index (χ0) is 57.0. The number of aromatic hydroxyl groups is 1. The Labute approximate surface area is 476 Å². The van der Waals surface area contributed by atoms with E-state index in [1.54, 1.807) is 17.5 Å². The van der Waals surface area contributed by atoms with Crippen molar-refractivity contribution in [2.75, 3.05) is 44.2 Å². The van der Waals surface area contributed by atoms with Crippen molar-refractivity contribution in [2.24, 2.45) is 5.41 Å². The van der Waals surface area contributed by atoms with Crippen molar-refractivity contribution < 1.29 is 38.1 Å². The molecule has 4 saturated heterocycles. The topological polar surface area (TPSA) is 198 Å². The number of piperidine rings is 1. The fourth-order valence-corrected chi connectivity index (χ4v) is 13.0. The molecule has 3 unspecified atom stereocenters. The number of aryl methyl sites for hydroxylation is 1. The number of halogens is 2. The summed E-state index contributed by atoms with van der Waals surface area (Å²) < 4.78 is 38.6. The van der Waals surface area contributed by atoms with Gasteiger partial charge >= 0.3 is 6.01 Å². The highest BCUT2D eigenvalue weighted by molar-refractivity contribution is 7.13. The van der Waals surface area contributed by atoms with E-state index >= 15 is 8.78 Å². The van der Waals surface area contributed by atoms with Crippen LogP contribution in [-0.4, -0.2) is 133 Å². The van der Waals surface area contributed by atoms with Crippen molar-refractivity contribution in [1.82, 2.24) is 45.7 Å². The average Bonchev–Trinajstić information content (AvgIpc) is 4.22. The van der Waals surface area contributed by atoms with Gasteiger partial charge < -0.3 is 45.6 Å². The molecule has 81 heavy (non-hydrogen) atoms. The smallest absolute Gasteiger partial charge is 0.319 e. The van der Waals surface area contributed by atoms with Crippen LogP contribution in [0.25, 0.3) is 43.4 Å². The van der Waals surface area contributed by atoms with Gasteiger partial charge in [-0.3, -0.25) is 19.4 Å². The van der Waals surface area contributed by atoms with Crippen LogP contribution in [0.1, 0.15) is 121 Å². The molecule has 0 spiro atoms. The quantitative estimate of drug-likeness (QED) is 0.0359. The van der Waals surface area contributed by atoms with E-state index in [1.165, 1.54) is 29.2 Å². The number of fused-ring (bicyclic) bond motifs is 4. The first kappa shape index (κ1) is 57.4. The summed E-state index contributed by atoms with van der Waals surface area (Å²) in [4.78, 5) is 66.6. The summed E-state index contributed by atoms with van der Waals surface area (Å²) in [5.41, 5.74) is 4.14. The molecule has 7 heterocycles. The predicted molar refractivity (Wildman–Crippen MR) is 311 cm³/mol. The summed E-state index contributed by atoms with van der Waals surface area (Å²) in [5, 5.41) is 32.1. The van der Waals surface area contributed by atoms with E-state index in [1.807, 2.05) is 57.5 Å². The number of aromatic nitrogens is 4. The van der Waals surface area contributed by atoms with Crippen LogP contribution >= 0.6 is 11.3 Å². The number of rotatable bonds is 20. The number of hydrogen-bond acceptors (Lipinski definition) is 14. The van der Waals surface area contributed by atoms with Gasteiger partial charge in [-0.2, -0.15) is 9.97 Å². The van der Waals surface area contributed by atoms with E-state index < -0.39 is 35.2 Å². The second kappa shape index (κ2) is 25.1. The number of nitrogens with zero attached hydrogens (tertiary/aromatic N) is 7. The molecule has 4 aliphatic rings. The molecule has 10 rings (SSSR count). The number of carbonyl (C=O) groups excluding carboxylic acids is 3. The lowest BCUT2D eigenvalue weighted by Crippen LogP contribution is -2.57. The number of phenols is 1. The van der Waals surface area contributed by atoms with Gasteiger partial charge in [0.1, 0.15) is 46.8 Å². The Kier molecular flexibility index (Phi) is 17.8. The lowest BCUT2D eigenvalue weighted by Gasteiger charge is -2.35. The van der Waals surface area contributed by atoms with Crippen LogP contribution in [0.2, 0.25) is 0 Å². The minimum Gasteiger partial charge on any atom is -0.508 e. The van der Waals surface area contributed by atoms with Crippen LogP contribution in [0.4, 0.5) is 14.6 Å². The number of anilines is 1. The first-order valence-corrected chi connectivity index (χ1v) is 29.6. The molecule has 0 radical (unpaired) electrons. The first-order chi connectivity index (χ1) is 39.0. The maximum Gasteiger partial charge on any atom is 0.319 e. The van der Waals surface area contributed by atoms with E-state index in [9.17, 15) is 24.6 Å². The average molecular weight is 1130 g/mol. The molecule has 16 nitrogen and oxygen atoms in total. The molecule has 4 fully saturated rings. The van der Waals surface area contributed by atoms with Crippen molar-refractivity contribution in [3.63, 3.8) is 0 Å². The number of nitrogens with one attached hydrogen (secondary N) is 3. The van der Waals surface area contributed by atoms with Gasteiger partial charge in [0, 0.05) is 81.3 Å². The van der Waals surface area contributed by atoms with E-state index in [0.29, 0.717) is 42.5 Å². The van der Waals surface area contributed by atoms with E-state index in [-0.39, 0.29) is 94.9 Å². The molecule has 3 amide bonds. The lowest BCUT2D eigenvalue weighted by molar-refractivity contribution is -0.144. The largest absolute Gasteiger partial charge is 0.508 e. The molecule has 3 aromatic carbocycles. The second-order valence-electron chi connectivity index (χ2n) is 23.5. The van der Waals surface area contributed by atoms with Crippen molar-refractivity contribution in [2.45, 2.75) is 154 Å². The number of aliphatic hydroxyl groups is 1. The van der Waals surface area contributed by atoms with Crippen LogP contribution < -0.4 is 25.6 Å². The Morgan fingerprint density at radius 3 is 2.33 bits per heavy atom. The number of benzene rings is 3. The van der Waals surface area contributed by atoms with Gasteiger partial charge in [0.25, 0.3) is 0 Å². The number of phenolic OH excluding ortho intramolecular Hbond substituents is 1. The Morgan fingerprint density at radius 1 is 0.926 bits per heavy atom. The second-order valence-corrected chi connectivity index (χ2v) is 24.4. The van der Waals surface area contributed by atoms with Gasteiger partial charge in [-0.15, -0.1) is 17.8 Å². The fourth-order valence-electron chi connectivity index (χ4n) is 12.1. The number of β-amino-alcohol motifs (C(OH)–C–C–N with tert-alkyl or cyclic N) is 1. The molecular weight excluding hydrogens is 1050 g/mol. The number of pyridine rings is 1. The maximum atomic E-state index is 17.1. The highest BCUT2D eigenvalue weighted by Gasteiger charge is 2.44. The van der Waals surface area contributed by atoms with E-state index in [2.05, 4.69) is 46.6 Å². The Balaban J connectivity index is 0.661. The first-order valence-electron chi connectivity index (χ1n) is 28.7. The number of terminal acetylenes is 1. The maximum absolute atomic E-state index is 17.1. The van der Waals surface area contributed by atoms with Gasteiger partial charge in [-0.1, -0.05) is 89.1 Å². The van der Waals surface area contributed by atoms with Crippen LogP contribution in [-0.2, 0) is 20.9 Å². The SMILES string of the molecule is C#Cc1c(F)ccc2cc(O)cc(-c3ncc4c(N5CC6CCC(C5)N6)nc(OC5CCN(CCCCCCCCCC(=O)NC(C(=O)N6C[C@@H](O)C[C@@H]6C(=O)NCc6ccc(-c7scnc7C)cc6)C(C)(C)C)CC5)nc4c3F)c12. The molecule has 6 aromatic rings. The Bertz CT molecular complexity index is 3290. The zero-order valence-corrected chi connectivity index (χ0v) is 47.6. The molecule has 5 atom stereocenters. The summed E-state index contributed by atoms with van der Waals surface area (Å²) >= 11 is 1.58. The van der Waals surface area contributed by atoms with Crippen molar-refractivity contribution in [3.8, 4) is 45.8 Å². The number of thiazole rings is 1. The molecule has 0 aliphatic carbocycles. The lowest BCUT2D eigenvalue weighted by atomic mass is 9.85. The number of hydrogen-bond donors (Lipinski definition) is 5. The number of amides is 3. The zero-order valence-electron chi connectivity index (χ0n) is 46.8. The van der Waals surface area contributed by atoms with Crippen LogP contribution in [0.15, 0.2) is 60.2 Å². The van der Waals surface area contributed by atoms with Crippen molar-refractivity contribution in [3.05, 3.63) is 88.7 Å². The number of likely N-dealkylation sites (tertiary alicyclic amines) is 2. The van der Waals surface area contributed by atoms with Crippen LogP contribution in [0.3, 0.4) is 0 Å². The highest BCUT2D eigenvalue weighted by atomic mass is 32.1. The number of carbonyl (C=O) groups is 3. The van der Waals surface area contributed by atoms with Crippen molar-refractivity contribution in [1.29, 1.82) is 0 Å². The van der Waals surface area contributed by atoms with E-state index in [4.69, 9.17) is 16.1 Å². The Hall–Kier alpha value is -6.85. The molecule has 3 aromatic heterocycles. The molecule has 19 heteroatoms. The number of aliphatic hydroxyl groups excluding tert-OH is 1. The summed E-state index contributed by atoms with van der Waals surface area (Å²) in [6, 6.07) is 12.4. The number of piperazine rings is 1. The van der Waals surface area contributed by atoms with Crippen LogP contribution in [0.5, 0.6) is 11.8 Å². The third-order valence-corrected chi connectivity index (χ3v) is 17.5. The molecular formula is C62H74F2N10O6S. The van der Waals surface area contributed by atoms with Gasteiger partial charge in [0.05, 0.1) is 33.1 Å². The standard InChI is InChI=1S/C62H74F2N10O6S/c1-6-46-49(63)22-19-40-28-43(75)29-47(52(40)46)54-53(64)55-48(32-65-54)58(73-33-41-20-21-42(34-73)68-41)71-61(70-55)80-45-23-26-72(27-24-45)25-13-11-9-7-8-10-12-14-51(77)69-57(62(3,4)5)60(79)74-35-44(76)30-50(74)59(78)66-31-38-15-17-39(18-16-38)56-37(2)67-36-81-56/h1,15-19,22,28-29,32,36,41-42,44-45,50,57,68,75-76H,7-14,20-21,23-27,30-31,33-35H2,2-5H3,(H,66,78)(H,69,77)/t41?,42?,44-,50+,57?/m0/s1. The molecule has 5 N–H and O–H groups in total. The minimum atomic E-state index is -0.866. The third-order valence-electron chi connectivity index (χ3n) is 16.5. The molecule has 0 saturated carbocycles. The van der Waals surface area contributed by atoms with Gasteiger partial charge in [0.2, 0.25) is 17.7 Å². The minimum absolute atomic E-state index is 0.0217. The van der Waals surface area contributed by atoms with Gasteiger partial charge in [-0.25, -0.2) is 13.8 Å². The number of unbranched alkanes of at least 4 members (excludes halogenated alkanes) is 6. The highest BCUT2D eigenvalue weighted by Crippen LogP contribution is 2.40. The Morgan fingerprint density at radius 2 is 1.64 bits per heavy atom. The third kappa shape index (κ3) is 13.3. The summed E-state index contributed by atoms with van der Waals surface area (Å²) in [6.45, 7) is 12.0. The van der Waals surface area contributed by atoms with Crippen molar-refractivity contribution >= 4 is 56.6 Å². The summed E-state index contributed by atoms with van der Waals surface area (Å²) in [6.07, 6.45) is 17.3. The summed E-state index contributed by atoms with van der Waals surface area (Å²) in [7, 11) is 0. The number of ether oxygens (including phenoxy) is 1. The molecule has 4 aliphatic heterocycles. The molecule has 428 valence electrons. The fraction of sp³-hybridized carbons (Fsp3) is 0.500. The summed E-state index contributed by atoms with van der Waals surface area (Å²) in [5.74, 6) is 0.528. The van der Waals surface area contributed by atoms with Gasteiger partial charge in [0.15, 0.2) is 5.82 Å². The van der Waals surface area contributed by atoms with Gasteiger partial charge in [-0.05, 0) is 92.1 Å².